The SMILES string of the molecule is Cc1ccc(S(=O)(=O)N/N=C2/CCC3[C@H](O)C([C@@]4(C)CC[C@H](C)C[C@@H]4CCO[Si](C)(C)C(C)(C)C)CC[C@]23C)cc1. The van der Waals surface area contributed by atoms with Gasteiger partial charge in [0.15, 0.2) is 8.32 Å². The fourth-order valence-electron chi connectivity index (χ4n) is 7.93. The highest BCUT2D eigenvalue weighted by Gasteiger charge is 2.57. The first-order valence-corrected chi connectivity index (χ1v) is 20.3. The van der Waals surface area contributed by atoms with Gasteiger partial charge in [-0.1, -0.05) is 65.7 Å². The highest BCUT2D eigenvalue weighted by atomic mass is 32.2. The second kappa shape index (κ2) is 11.7. The van der Waals surface area contributed by atoms with Crippen molar-refractivity contribution in [2.45, 2.75) is 129 Å². The third kappa shape index (κ3) is 6.51. The molecule has 1 aromatic rings. The third-order valence-electron chi connectivity index (χ3n) is 12.0. The van der Waals surface area contributed by atoms with Crippen molar-refractivity contribution in [2.24, 2.45) is 39.6 Å². The van der Waals surface area contributed by atoms with Crippen LogP contribution in [0.3, 0.4) is 0 Å². The molecule has 4 rings (SSSR count). The molecular formula is C33H56N2O4SSi. The maximum Gasteiger partial charge on any atom is 0.276 e. The molecule has 0 heterocycles. The fraction of sp³-hybridized carbons (Fsp3) is 0.788. The summed E-state index contributed by atoms with van der Waals surface area (Å²) in [5, 5.41) is 16.7. The Kier molecular flexibility index (Phi) is 9.33. The normalized spacial score (nSPS) is 35.9. The van der Waals surface area contributed by atoms with E-state index in [1.54, 1.807) is 24.3 Å². The van der Waals surface area contributed by atoms with Crippen molar-refractivity contribution in [1.29, 1.82) is 0 Å². The number of nitrogens with one attached hydrogen (secondary N) is 1. The maximum absolute atomic E-state index is 12.9. The van der Waals surface area contributed by atoms with Crippen LogP contribution in [-0.2, 0) is 14.4 Å². The molecular weight excluding hydrogens is 549 g/mol. The van der Waals surface area contributed by atoms with Crippen molar-refractivity contribution >= 4 is 24.1 Å². The molecule has 41 heavy (non-hydrogen) atoms. The van der Waals surface area contributed by atoms with Crippen molar-refractivity contribution in [3.63, 3.8) is 0 Å². The summed E-state index contributed by atoms with van der Waals surface area (Å²) < 4.78 is 32.5. The number of nitrogens with zero attached hydrogens (tertiary/aromatic N) is 1. The van der Waals surface area contributed by atoms with E-state index in [1.165, 1.54) is 12.8 Å². The Bertz CT molecular complexity index is 1210. The molecule has 0 spiro atoms. The number of fused-ring (bicyclic) bond motifs is 1. The minimum atomic E-state index is -3.73. The van der Waals surface area contributed by atoms with Gasteiger partial charge < -0.3 is 9.53 Å². The van der Waals surface area contributed by atoms with Crippen LogP contribution < -0.4 is 4.83 Å². The van der Waals surface area contributed by atoms with Crippen LogP contribution in [0.4, 0.5) is 0 Å². The summed E-state index contributed by atoms with van der Waals surface area (Å²) in [5.41, 5.74) is 1.69. The van der Waals surface area contributed by atoms with E-state index in [0.717, 1.165) is 56.4 Å². The van der Waals surface area contributed by atoms with Crippen LogP contribution in [0.2, 0.25) is 18.1 Å². The molecule has 3 aliphatic carbocycles. The number of rotatable bonds is 8. The van der Waals surface area contributed by atoms with E-state index in [1.807, 2.05) is 6.92 Å². The Morgan fingerprint density at radius 1 is 1.07 bits per heavy atom. The number of benzene rings is 1. The number of hydrogen-bond acceptors (Lipinski definition) is 5. The standard InChI is InChI=1S/C33H56N2O4SSi/c1-23-10-12-26(13-11-23)40(37,38)35-34-29-15-14-27-30(36)28(17-20-33(27,29)7)32(6)19-16-24(2)22-25(32)18-21-39-41(8,9)31(3,4)5/h10-13,24-25,27-28,30,35-36H,14-22H2,1-9H3/b34-29-/t24-,25-,27?,28?,30-,32-,33-/m0/s1. The zero-order valence-electron chi connectivity index (χ0n) is 27.1. The van der Waals surface area contributed by atoms with Crippen LogP contribution >= 0.6 is 0 Å². The van der Waals surface area contributed by atoms with Gasteiger partial charge in [0.25, 0.3) is 10.0 Å². The summed E-state index contributed by atoms with van der Waals surface area (Å²) in [6.45, 7) is 21.3. The molecule has 6 nitrogen and oxygen atoms in total. The number of hydrogen-bond donors (Lipinski definition) is 2. The summed E-state index contributed by atoms with van der Waals surface area (Å²) in [6, 6.07) is 6.83. The molecule has 3 saturated carbocycles. The van der Waals surface area contributed by atoms with Crippen LogP contribution in [0.15, 0.2) is 34.3 Å². The average Bonchev–Trinajstić information content (AvgIpc) is 3.21. The summed E-state index contributed by atoms with van der Waals surface area (Å²) in [7, 11) is -5.53. The zero-order chi connectivity index (χ0) is 30.4. The predicted octanol–water partition coefficient (Wildman–Crippen LogP) is 7.67. The molecule has 0 saturated heterocycles. The first-order valence-electron chi connectivity index (χ1n) is 15.9. The Hall–Kier alpha value is -1.22. The van der Waals surface area contributed by atoms with Gasteiger partial charge in [0.1, 0.15) is 0 Å². The van der Waals surface area contributed by atoms with E-state index in [0.29, 0.717) is 11.8 Å². The van der Waals surface area contributed by atoms with Crippen molar-refractivity contribution in [1.82, 2.24) is 4.83 Å². The molecule has 3 fully saturated rings. The number of aliphatic hydroxyl groups is 1. The van der Waals surface area contributed by atoms with Crippen LogP contribution in [0.5, 0.6) is 0 Å². The highest BCUT2D eigenvalue weighted by Crippen LogP contribution is 2.60. The molecule has 0 amide bonds. The Labute approximate surface area is 251 Å². The van der Waals surface area contributed by atoms with Gasteiger partial charge in [-0.2, -0.15) is 13.5 Å². The Morgan fingerprint density at radius 2 is 1.73 bits per heavy atom. The second-order valence-corrected chi connectivity index (χ2v) is 22.1. The van der Waals surface area contributed by atoms with Gasteiger partial charge in [0, 0.05) is 17.7 Å². The number of hydrazone groups is 1. The molecule has 2 unspecified atom stereocenters. The van der Waals surface area contributed by atoms with E-state index in [9.17, 15) is 13.5 Å². The number of sulfonamides is 1. The topological polar surface area (TPSA) is 88.0 Å². The van der Waals surface area contributed by atoms with Gasteiger partial charge in [0.2, 0.25) is 0 Å². The largest absolute Gasteiger partial charge is 0.417 e. The zero-order valence-corrected chi connectivity index (χ0v) is 28.9. The van der Waals surface area contributed by atoms with Crippen LogP contribution in [0.25, 0.3) is 0 Å². The van der Waals surface area contributed by atoms with Crippen LogP contribution in [0.1, 0.15) is 98.5 Å². The maximum atomic E-state index is 12.9. The van der Waals surface area contributed by atoms with Crippen LogP contribution in [0, 0.1) is 41.4 Å². The van der Waals surface area contributed by atoms with E-state index >= 15 is 0 Å². The highest BCUT2D eigenvalue weighted by molar-refractivity contribution is 7.89. The van der Waals surface area contributed by atoms with Gasteiger partial charge in [0.05, 0.1) is 11.0 Å². The molecule has 0 aromatic heterocycles. The molecule has 8 heteroatoms. The summed E-state index contributed by atoms with van der Waals surface area (Å²) >= 11 is 0. The average molecular weight is 605 g/mol. The lowest BCUT2D eigenvalue weighted by atomic mass is 9.51. The van der Waals surface area contributed by atoms with Gasteiger partial charge in [-0.15, -0.1) is 0 Å². The van der Waals surface area contributed by atoms with E-state index in [4.69, 9.17) is 4.43 Å². The summed E-state index contributed by atoms with van der Waals surface area (Å²) in [6.07, 6.45) is 7.69. The van der Waals surface area contributed by atoms with Crippen molar-refractivity contribution in [3.8, 4) is 0 Å². The third-order valence-corrected chi connectivity index (χ3v) is 17.7. The second-order valence-electron chi connectivity index (χ2n) is 15.6. The fourth-order valence-corrected chi connectivity index (χ4v) is 9.82. The molecule has 2 N–H and O–H groups in total. The minimum absolute atomic E-state index is 0.0803. The molecule has 0 radical (unpaired) electrons. The molecule has 0 bridgehead atoms. The molecule has 232 valence electrons. The van der Waals surface area contributed by atoms with E-state index in [-0.39, 0.29) is 32.6 Å². The molecule has 0 aliphatic heterocycles. The van der Waals surface area contributed by atoms with Crippen molar-refractivity contribution in [2.75, 3.05) is 6.61 Å². The smallest absolute Gasteiger partial charge is 0.276 e. The van der Waals surface area contributed by atoms with Crippen molar-refractivity contribution < 1.29 is 18.0 Å². The lowest BCUT2D eigenvalue weighted by Crippen LogP contribution is -2.53. The van der Waals surface area contributed by atoms with Crippen molar-refractivity contribution in [3.05, 3.63) is 29.8 Å². The van der Waals surface area contributed by atoms with Crippen LogP contribution in [-0.4, -0.2) is 40.3 Å². The van der Waals surface area contributed by atoms with Gasteiger partial charge in [-0.25, -0.2) is 4.83 Å². The molecule has 3 aliphatic rings. The predicted molar refractivity (Wildman–Crippen MR) is 171 cm³/mol. The summed E-state index contributed by atoms with van der Waals surface area (Å²) in [4.78, 5) is 2.74. The quantitative estimate of drug-likeness (QED) is 0.235. The summed E-state index contributed by atoms with van der Waals surface area (Å²) in [5.74, 6) is 1.59. The monoisotopic (exact) mass is 604 g/mol. The minimum Gasteiger partial charge on any atom is -0.417 e. The van der Waals surface area contributed by atoms with E-state index < -0.39 is 24.4 Å². The lowest BCUT2D eigenvalue weighted by Gasteiger charge is -2.55. The Balaban J connectivity index is 1.48. The number of aliphatic hydroxyl groups excluding tert-OH is 1. The van der Waals surface area contributed by atoms with E-state index in [2.05, 4.69) is 64.6 Å². The lowest BCUT2D eigenvalue weighted by molar-refractivity contribution is -0.110. The first kappa shape index (κ1) is 32.7. The molecule has 1 aromatic carbocycles. The van der Waals surface area contributed by atoms with Gasteiger partial charge in [-0.05, 0) is 111 Å². The first-order chi connectivity index (χ1) is 18.9. The van der Waals surface area contributed by atoms with Gasteiger partial charge >= 0.3 is 0 Å². The molecule has 7 atom stereocenters. The number of aryl methyl sites for hydroxylation is 1. The van der Waals surface area contributed by atoms with Gasteiger partial charge in [-0.3, -0.25) is 0 Å². The Morgan fingerprint density at radius 3 is 2.37 bits per heavy atom.